The smallest absolute Gasteiger partial charge is 0.243 e. The zero-order valence-corrected chi connectivity index (χ0v) is 16.8. The average molecular weight is 390 g/mol. The number of hydrogen-bond donors (Lipinski definition) is 1. The summed E-state index contributed by atoms with van der Waals surface area (Å²) in [5, 5.41) is 11.8. The third-order valence-corrected chi connectivity index (χ3v) is 5.41. The van der Waals surface area contributed by atoms with Gasteiger partial charge in [0, 0.05) is 12.1 Å². The molecule has 0 amide bonds. The Balaban J connectivity index is 1.49. The predicted octanol–water partition coefficient (Wildman–Crippen LogP) is 4.19. The zero-order chi connectivity index (χ0) is 19.9. The number of nitrogens with zero attached hydrogens (tertiary/aromatic N) is 4. The van der Waals surface area contributed by atoms with Gasteiger partial charge in [-0.25, -0.2) is 4.98 Å². The minimum atomic E-state index is 0.296. The van der Waals surface area contributed by atoms with E-state index in [9.17, 15) is 0 Å². The van der Waals surface area contributed by atoms with E-state index in [4.69, 9.17) is 4.74 Å². The van der Waals surface area contributed by atoms with E-state index in [0.29, 0.717) is 12.0 Å². The Morgan fingerprint density at radius 3 is 2.48 bits per heavy atom. The van der Waals surface area contributed by atoms with Crippen molar-refractivity contribution in [2.24, 2.45) is 0 Å². The van der Waals surface area contributed by atoms with E-state index in [-0.39, 0.29) is 0 Å². The van der Waals surface area contributed by atoms with Gasteiger partial charge in [-0.05, 0) is 55.8 Å². The molecule has 150 valence electrons. The number of methoxy groups -OCH3 is 1. The van der Waals surface area contributed by atoms with Crippen LogP contribution in [0.3, 0.4) is 0 Å². The molecule has 6 nitrogen and oxygen atoms in total. The summed E-state index contributed by atoms with van der Waals surface area (Å²) in [6, 6.07) is 18.8. The molecule has 1 fully saturated rings. The van der Waals surface area contributed by atoms with Crippen molar-refractivity contribution in [3.05, 3.63) is 66.4 Å². The lowest BCUT2D eigenvalue weighted by Gasteiger charge is -2.35. The first kappa shape index (κ1) is 19.3. The zero-order valence-electron chi connectivity index (χ0n) is 16.8. The van der Waals surface area contributed by atoms with Gasteiger partial charge in [-0.1, -0.05) is 36.8 Å². The second-order valence-electron chi connectivity index (χ2n) is 7.30. The van der Waals surface area contributed by atoms with Crippen LogP contribution in [0.25, 0.3) is 11.3 Å². The molecule has 0 bridgehead atoms. The fourth-order valence-electron chi connectivity index (χ4n) is 3.83. The monoisotopic (exact) mass is 389 g/mol. The Kier molecular flexibility index (Phi) is 6.32. The van der Waals surface area contributed by atoms with Crippen molar-refractivity contribution in [2.45, 2.75) is 25.3 Å². The molecule has 1 atom stereocenters. The van der Waals surface area contributed by atoms with Crippen LogP contribution in [0.4, 0.5) is 5.95 Å². The normalized spacial score (nSPS) is 15.6. The van der Waals surface area contributed by atoms with Crippen molar-refractivity contribution in [1.29, 1.82) is 0 Å². The number of ether oxygens (including phenoxy) is 1. The molecule has 1 aliphatic rings. The largest absolute Gasteiger partial charge is 0.497 e. The summed E-state index contributed by atoms with van der Waals surface area (Å²) in [4.78, 5) is 7.23. The third kappa shape index (κ3) is 4.90. The van der Waals surface area contributed by atoms with Crippen LogP contribution in [0.2, 0.25) is 0 Å². The molecule has 0 radical (unpaired) electrons. The third-order valence-electron chi connectivity index (χ3n) is 5.41. The van der Waals surface area contributed by atoms with Crippen LogP contribution in [0, 0.1) is 0 Å². The van der Waals surface area contributed by atoms with E-state index in [1.807, 2.05) is 24.3 Å². The van der Waals surface area contributed by atoms with Crippen LogP contribution in [0.1, 0.15) is 30.9 Å². The van der Waals surface area contributed by atoms with E-state index >= 15 is 0 Å². The molecule has 2 heterocycles. The molecule has 4 rings (SSSR count). The van der Waals surface area contributed by atoms with Gasteiger partial charge in [0.1, 0.15) is 5.75 Å². The van der Waals surface area contributed by atoms with E-state index in [1.54, 1.807) is 13.3 Å². The van der Waals surface area contributed by atoms with Gasteiger partial charge in [0.25, 0.3) is 0 Å². The molecule has 0 saturated carbocycles. The van der Waals surface area contributed by atoms with E-state index < -0.39 is 0 Å². The van der Waals surface area contributed by atoms with Crippen LogP contribution in [-0.2, 0) is 0 Å². The minimum Gasteiger partial charge on any atom is -0.497 e. The quantitative estimate of drug-likeness (QED) is 0.654. The Hall–Kier alpha value is -2.99. The van der Waals surface area contributed by atoms with Gasteiger partial charge in [-0.15, -0.1) is 5.10 Å². The second-order valence-corrected chi connectivity index (χ2v) is 7.30. The van der Waals surface area contributed by atoms with Gasteiger partial charge in [0.15, 0.2) is 0 Å². The molecular formula is C23H27N5O. The maximum absolute atomic E-state index is 5.23. The Morgan fingerprint density at radius 1 is 1.00 bits per heavy atom. The van der Waals surface area contributed by atoms with Crippen LogP contribution >= 0.6 is 0 Å². The molecule has 1 unspecified atom stereocenters. The number of rotatable bonds is 7. The fourth-order valence-corrected chi connectivity index (χ4v) is 3.83. The summed E-state index contributed by atoms with van der Waals surface area (Å²) in [7, 11) is 1.66. The predicted molar refractivity (Wildman–Crippen MR) is 115 cm³/mol. The Labute approximate surface area is 172 Å². The molecule has 29 heavy (non-hydrogen) atoms. The maximum atomic E-state index is 5.23. The van der Waals surface area contributed by atoms with E-state index in [1.165, 1.54) is 24.8 Å². The highest BCUT2D eigenvalue weighted by Crippen LogP contribution is 2.25. The van der Waals surface area contributed by atoms with Crippen molar-refractivity contribution in [3.8, 4) is 17.0 Å². The number of likely N-dealkylation sites (tertiary alicyclic amines) is 1. The maximum Gasteiger partial charge on any atom is 0.243 e. The molecule has 1 N–H and O–H groups in total. The molecular weight excluding hydrogens is 362 g/mol. The first-order valence-corrected chi connectivity index (χ1v) is 10.2. The molecule has 6 heteroatoms. The van der Waals surface area contributed by atoms with Crippen molar-refractivity contribution >= 4 is 5.95 Å². The summed E-state index contributed by atoms with van der Waals surface area (Å²) >= 11 is 0. The highest BCUT2D eigenvalue weighted by Gasteiger charge is 2.22. The highest BCUT2D eigenvalue weighted by molar-refractivity contribution is 5.60. The van der Waals surface area contributed by atoms with Crippen molar-refractivity contribution in [1.82, 2.24) is 20.1 Å². The molecule has 2 aromatic carbocycles. The number of benzene rings is 2. The molecule has 1 aliphatic heterocycles. The SMILES string of the molecule is COc1ccc(-c2cnnc(NCC(c3ccccc3)N3CCCCC3)n2)cc1. The van der Waals surface area contributed by atoms with E-state index in [0.717, 1.165) is 36.6 Å². The van der Waals surface area contributed by atoms with Crippen LogP contribution in [0.15, 0.2) is 60.8 Å². The number of piperidine rings is 1. The van der Waals surface area contributed by atoms with Crippen LogP contribution in [-0.4, -0.2) is 46.8 Å². The molecule has 0 spiro atoms. The van der Waals surface area contributed by atoms with Crippen LogP contribution < -0.4 is 10.1 Å². The van der Waals surface area contributed by atoms with Crippen LogP contribution in [0.5, 0.6) is 5.75 Å². The summed E-state index contributed by atoms with van der Waals surface area (Å²) in [6.45, 7) is 3.01. The van der Waals surface area contributed by atoms with Gasteiger partial charge in [0.2, 0.25) is 5.95 Å². The van der Waals surface area contributed by atoms with Gasteiger partial charge in [-0.2, -0.15) is 5.10 Å². The Bertz CT molecular complexity index is 895. The standard InChI is InChI=1S/C23H27N5O/c1-29-20-12-10-18(11-13-20)21-16-25-27-23(26-21)24-17-22(19-8-4-2-5-9-19)28-14-6-3-7-15-28/h2,4-5,8-13,16,22H,3,6-7,14-15,17H2,1H3,(H,24,26,27). The highest BCUT2D eigenvalue weighted by atomic mass is 16.5. The number of hydrogen-bond acceptors (Lipinski definition) is 6. The number of nitrogens with one attached hydrogen (secondary N) is 1. The topological polar surface area (TPSA) is 63.2 Å². The van der Waals surface area contributed by atoms with Gasteiger partial charge < -0.3 is 10.1 Å². The summed E-state index contributed by atoms with van der Waals surface area (Å²) in [6.07, 6.45) is 5.53. The minimum absolute atomic E-state index is 0.296. The van der Waals surface area contributed by atoms with Crippen molar-refractivity contribution < 1.29 is 4.74 Å². The summed E-state index contributed by atoms with van der Waals surface area (Å²) in [5.74, 6) is 1.37. The fraction of sp³-hybridized carbons (Fsp3) is 0.348. The van der Waals surface area contributed by atoms with Crippen molar-refractivity contribution in [2.75, 3.05) is 32.1 Å². The van der Waals surface area contributed by atoms with Gasteiger partial charge in [-0.3, -0.25) is 4.90 Å². The molecule has 1 saturated heterocycles. The summed E-state index contributed by atoms with van der Waals surface area (Å²) < 4.78 is 5.23. The van der Waals surface area contributed by atoms with Gasteiger partial charge >= 0.3 is 0 Å². The first-order valence-electron chi connectivity index (χ1n) is 10.2. The second kappa shape index (κ2) is 9.47. The molecule has 3 aromatic rings. The summed E-state index contributed by atoms with van der Waals surface area (Å²) in [5.41, 5.74) is 3.10. The lowest BCUT2D eigenvalue weighted by molar-refractivity contribution is 0.170. The Morgan fingerprint density at radius 2 is 1.76 bits per heavy atom. The number of anilines is 1. The number of aromatic nitrogens is 3. The average Bonchev–Trinajstić information content (AvgIpc) is 2.81. The lowest BCUT2D eigenvalue weighted by atomic mass is 10.0. The van der Waals surface area contributed by atoms with Gasteiger partial charge in [0.05, 0.1) is 25.0 Å². The first-order chi connectivity index (χ1) is 14.3. The molecule has 0 aliphatic carbocycles. The van der Waals surface area contributed by atoms with E-state index in [2.05, 4.69) is 55.7 Å². The molecule has 1 aromatic heterocycles. The lowest BCUT2D eigenvalue weighted by Crippen LogP contribution is -2.37. The van der Waals surface area contributed by atoms with Crippen molar-refractivity contribution in [3.63, 3.8) is 0 Å².